The molecule has 3 aromatic carbocycles. The van der Waals surface area contributed by atoms with Gasteiger partial charge in [0, 0.05) is 5.70 Å². The molecule has 194 valence electrons. The Bertz CT molecular complexity index is 1440. The second-order valence-corrected chi connectivity index (χ2v) is 9.07. The number of hydrogen-bond acceptors (Lipinski definition) is 7. The van der Waals surface area contributed by atoms with Crippen molar-refractivity contribution in [2.45, 2.75) is 40.0 Å². The quantitative estimate of drug-likeness (QED) is 0.293. The Morgan fingerprint density at radius 1 is 0.921 bits per heavy atom. The minimum Gasteiger partial charge on any atom is -0.490 e. The maximum atomic E-state index is 13.4. The zero-order chi connectivity index (χ0) is 26.5. The molecule has 0 saturated carbocycles. The molecular weight excluding hydrogens is 480 g/mol. The van der Waals surface area contributed by atoms with Crippen molar-refractivity contribution in [3.05, 3.63) is 113 Å². The summed E-state index contributed by atoms with van der Waals surface area (Å²) < 4.78 is 19.5. The minimum absolute atomic E-state index is 0.170. The molecule has 0 spiro atoms. The van der Waals surface area contributed by atoms with Crippen molar-refractivity contribution < 1.29 is 19.0 Å². The minimum atomic E-state index is -0.553. The van der Waals surface area contributed by atoms with Gasteiger partial charge in [0.25, 0.3) is 0 Å². The first kappa shape index (κ1) is 25.1. The number of ether oxygens (including phenoxy) is 3. The second-order valence-electron chi connectivity index (χ2n) is 9.07. The SMILES string of the molecule is CCOc1cc(C2C(C(=O)OCc3ccccc3)=C(C)Nc3ncnn32)ccc1OCc1ccc(C)cc1. The van der Waals surface area contributed by atoms with Crippen LogP contribution in [0.5, 0.6) is 11.5 Å². The second kappa shape index (κ2) is 11.2. The van der Waals surface area contributed by atoms with Gasteiger partial charge in [-0.1, -0.05) is 66.2 Å². The van der Waals surface area contributed by atoms with Crippen LogP contribution in [0.1, 0.15) is 42.1 Å². The van der Waals surface area contributed by atoms with E-state index in [9.17, 15) is 4.79 Å². The average Bonchev–Trinajstić information content (AvgIpc) is 3.40. The van der Waals surface area contributed by atoms with Crippen molar-refractivity contribution in [1.82, 2.24) is 14.8 Å². The molecule has 0 radical (unpaired) electrons. The van der Waals surface area contributed by atoms with Crippen molar-refractivity contribution in [2.24, 2.45) is 0 Å². The number of hydrogen-bond donors (Lipinski definition) is 1. The molecule has 0 bridgehead atoms. The van der Waals surface area contributed by atoms with Crippen molar-refractivity contribution in [3.63, 3.8) is 0 Å². The van der Waals surface area contributed by atoms with E-state index in [1.807, 2.05) is 74.5 Å². The fourth-order valence-corrected chi connectivity index (χ4v) is 4.39. The summed E-state index contributed by atoms with van der Waals surface area (Å²) in [5.74, 6) is 1.33. The lowest BCUT2D eigenvalue weighted by Crippen LogP contribution is -2.29. The summed E-state index contributed by atoms with van der Waals surface area (Å²) in [5, 5.41) is 7.58. The first-order valence-electron chi connectivity index (χ1n) is 12.6. The van der Waals surface area contributed by atoms with E-state index in [1.54, 1.807) is 4.68 Å². The van der Waals surface area contributed by atoms with Gasteiger partial charge in [-0.15, -0.1) is 0 Å². The Labute approximate surface area is 221 Å². The largest absolute Gasteiger partial charge is 0.490 e. The van der Waals surface area contributed by atoms with Crippen molar-refractivity contribution >= 4 is 11.9 Å². The molecule has 1 unspecified atom stereocenters. The van der Waals surface area contributed by atoms with Crippen LogP contribution in [0.2, 0.25) is 0 Å². The van der Waals surface area contributed by atoms with E-state index in [4.69, 9.17) is 14.2 Å². The zero-order valence-electron chi connectivity index (χ0n) is 21.7. The van der Waals surface area contributed by atoms with Gasteiger partial charge < -0.3 is 19.5 Å². The third-order valence-corrected chi connectivity index (χ3v) is 6.33. The fourth-order valence-electron chi connectivity index (χ4n) is 4.39. The zero-order valence-corrected chi connectivity index (χ0v) is 21.7. The van der Waals surface area contributed by atoms with Crippen molar-refractivity contribution in [2.75, 3.05) is 11.9 Å². The molecule has 1 N–H and O–H groups in total. The molecule has 0 amide bonds. The Balaban J connectivity index is 1.44. The van der Waals surface area contributed by atoms with E-state index in [-0.39, 0.29) is 6.61 Å². The fraction of sp³-hybridized carbons (Fsp3) is 0.233. The van der Waals surface area contributed by atoms with Gasteiger partial charge in [-0.05, 0) is 49.6 Å². The number of carbonyl (C=O) groups excluding carboxylic acids is 1. The Hall–Kier alpha value is -4.59. The predicted octanol–water partition coefficient (Wildman–Crippen LogP) is 5.60. The molecule has 38 heavy (non-hydrogen) atoms. The molecule has 1 atom stereocenters. The highest BCUT2D eigenvalue weighted by Gasteiger charge is 2.35. The predicted molar refractivity (Wildman–Crippen MR) is 144 cm³/mol. The number of anilines is 1. The van der Waals surface area contributed by atoms with Gasteiger partial charge in [0.2, 0.25) is 5.95 Å². The number of aryl methyl sites for hydroxylation is 1. The molecular formula is C30H30N4O4. The number of nitrogens with zero attached hydrogens (tertiary/aromatic N) is 3. The van der Waals surface area contributed by atoms with Gasteiger partial charge >= 0.3 is 5.97 Å². The standard InChI is InChI=1S/C30H30N4O4/c1-4-36-26-16-24(14-15-25(26)37-17-23-12-10-20(2)11-13-23)28-27(21(3)33-30-31-19-32-34(28)30)29(35)38-18-22-8-6-5-7-9-22/h5-16,19,28H,4,17-18H2,1-3H3,(H,31,32,33). The number of carbonyl (C=O) groups is 1. The Kier molecular flexibility index (Phi) is 7.40. The summed E-state index contributed by atoms with van der Waals surface area (Å²) in [6.07, 6.45) is 1.46. The molecule has 1 aromatic heterocycles. The van der Waals surface area contributed by atoms with Crippen LogP contribution in [-0.2, 0) is 22.7 Å². The van der Waals surface area contributed by atoms with E-state index < -0.39 is 12.0 Å². The summed E-state index contributed by atoms with van der Waals surface area (Å²) in [7, 11) is 0. The highest BCUT2D eigenvalue weighted by molar-refractivity contribution is 5.92. The lowest BCUT2D eigenvalue weighted by Gasteiger charge is -2.28. The molecule has 0 aliphatic carbocycles. The molecule has 5 rings (SSSR count). The summed E-state index contributed by atoms with van der Waals surface area (Å²) in [6.45, 7) is 6.87. The number of allylic oxidation sites excluding steroid dienone is 1. The number of esters is 1. The van der Waals surface area contributed by atoms with Crippen LogP contribution in [0.4, 0.5) is 5.95 Å². The number of fused-ring (bicyclic) bond motifs is 1. The van der Waals surface area contributed by atoms with Crippen LogP contribution >= 0.6 is 0 Å². The summed E-state index contributed by atoms with van der Waals surface area (Å²) in [4.78, 5) is 17.7. The van der Waals surface area contributed by atoms with E-state index in [2.05, 4.69) is 34.5 Å². The number of rotatable bonds is 9. The topological polar surface area (TPSA) is 87.5 Å². The summed E-state index contributed by atoms with van der Waals surface area (Å²) in [6, 6.07) is 23.0. The number of aromatic nitrogens is 3. The van der Waals surface area contributed by atoms with E-state index >= 15 is 0 Å². The smallest absolute Gasteiger partial charge is 0.338 e. The maximum Gasteiger partial charge on any atom is 0.338 e. The Morgan fingerprint density at radius 2 is 1.68 bits per heavy atom. The lowest BCUT2D eigenvalue weighted by molar-refractivity contribution is -0.140. The third kappa shape index (κ3) is 5.39. The highest BCUT2D eigenvalue weighted by Crippen LogP contribution is 2.39. The van der Waals surface area contributed by atoms with E-state index in [0.29, 0.717) is 41.9 Å². The molecule has 1 aliphatic heterocycles. The van der Waals surface area contributed by atoms with Crippen molar-refractivity contribution in [3.8, 4) is 11.5 Å². The molecule has 2 heterocycles. The van der Waals surface area contributed by atoms with E-state index in [1.165, 1.54) is 11.9 Å². The first-order chi connectivity index (χ1) is 18.5. The normalized spacial score (nSPS) is 14.4. The Morgan fingerprint density at radius 3 is 2.45 bits per heavy atom. The van der Waals surface area contributed by atoms with Gasteiger partial charge in [-0.2, -0.15) is 10.1 Å². The lowest BCUT2D eigenvalue weighted by atomic mass is 9.95. The molecule has 1 aliphatic rings. The van der Waals surface area contributed by atoms with Gasteiger partial charge in [-0.25, -0.2) is 9.48 Å². The van der Waals surface area contributed by atoms with Crippen LogP contribution in [0.15, 0.2) is 90.4 Å². The summed E-state index contributed by atoms with van der Waals surface area (Å²) >= 11 is 0. The van der Waals surface area contributed by atoms with Gasteiger partial charge in [-0.3, -0.25) is 0 Å². The molecule has 0 fully saturated rings. The van der Waals surface area contributed by atoms with E-state index in [0.717, 1.165) is 16.7 Å². The summed E-state index contributed by atoms with van der Waals surface area (Å²) in [5.41, 5.74) is 5.09. The molecule has 0 saturated heterocycles. The first-order valence-corrected chi connectivity index (χ1v) is 12.6. The van der Waals surface area contributed by atoms with Crippen LogP contribution in [-0.4, -0.2) is 27.3 Å². The van der Waals surface area contributed by atoms with Crippen LogP contribution in [0.25, 0.3) is 0 Å². The molecule has 8 nitrogen and oxygen atoms in total. The van der Waals surface area contributed by atoms with Crippen LogP contribution < -0.4 is 14.8 Å². The third-order valence-electron chi connectivity index (χ3n) is 6.33. The molecule has 4 aromatic rings. The monoisotopic (exact) mass is 510 g/mol. The van der Waals surface area contributed by atoms with Crippen LogP contribution in [0.3, 0.4) is 0 Å². The number of nitrogens with one attached hydrogen (secondary N) is 1. The maximum absolute atomic E-state index is 13.4. The number of benzene rings is 3. The average molecular weight is 511 g/mol. The van der Waals surface area contributed by atoms with Crippen molar-refractivity contribution in [1.29, 1.82) is 0 Å². The van der Waals surface area contributed by atoms with Gasteiger partial charge in [0.05, 0.1) is 12.2 Å². The van der Waals surface area contributed by atoms with Crippen LogP contribution in [0, 0.1) is 6.92 Å². The van der Waals surface area contributed by atoms with Gasteiger partial charge in [0.1, 0.15) is 25.6 Å². The highest BCUT2D eigenvalue weighted by atomic mass is 16.5. The molecule has 8 heteroatoms. The van der Waals surface area contributed by atoms with Gasteiger partial charge in [0.15, 0.2) is 11.5 Å².